The SMILES string of the molecule is Cc1ccc(Cn2c(=S)[nH]cc(C(=O)O)c2=O)cc1. The molecule has 0 amide bonds. The first-order valence-electron chi connectivity index (χ1n) is 5.60. The third kappa shape index (κ3) is 2.79. The van der Waals surface area contributed by atoms with Crippen molar-refractivity contribution in [3.63, 3.8) is 0 Å². The molecule has 0 radical (unpaired) electrons. The Labute approximate surface area is 114 Å². The molecule has 5 nitrogen and oxygen atoms in total. The molecule has 0 saturated heterocycles. The average molecular weight is 276 g/mol. The van der Waals surface area contributed by atoms with Crippen molar-refractivity contribution < 1.29 is 9.90 Å². The number of aromatic amines is 1. The zero-order valence-corrected chi connectivity index (χ0v) is 11.0. The number of aryl methyl sites for hydroxylation is 1. The van der Waals surface area contributed by atoms with Crippen LogP contribution in [0.1, 0.15) is 21.5 Å². The Morgan fingerprint density at radius 1 is 1.37 bits per heavy atom. The molecule has 1 aromatic heterocycles. The van der Waals surface area contributed by atoms with Gasteiger partial charge in [-0.2, -0.15) is 0 Å². The van der Waals surface area contributed by atoms with Crippen LogP contribution in [-0.4, -0.2) is 20.6 Å². The van der Waals surface area contributed by atoms with Gasteiger partial charge in [-0.15, -0.1) is 0 Å². The summed E-state index contributed by atoms with van der Waals surface area (Å²) in [6.45, 7) is 2.21. The van der Waals surface area contributed by atoms with Crippen LogP contribution in [0.5, 0.6) is 0 Å². The Bertz CT molecular complexity index is 729. The number of rotatable bonds is 3. The van der Waals surface area contributed by atoms with Crippen molar-refractivity contribution in [1.82, 2.24) is 9.55 Å². The molecule has 0 aliphatic carbocycles. The van der Waals surface area contributed by atoms with Crippen LogP contribution >= 0.6 is 12.2 Å². The number of carboxylic acid groups (broad SMARTS) is 1. The summed E-state index contributed by atoms with van der Waals surface area (Å²) in [7, 11) is 0. The summed E-state index contributed by atoms with van der Waals surface area (Å²) in [5.74, 6) is -1.27. The van der Waals surface area contributed by atoms with E-state index >= 15 is 0 Å². The van der Waals surface area contributed by atoms with E-state index in [1.54, 1.807) is 0 Å². The van der Waals surface area contributed by atoms with Crippen LogP contribution in [-0.2, 0) is 6.54 Å². The number of nitrogens with zero attached hydrogens (tertiary/aromatic N) is 1. The van der Waals surface area contributed by atoms with Crippen molar-refractivity contribution in [2.24, 2.45) is 0 Å². The van der Waals surface area contributed by atoms with Gasteiger partial charge in [-0.1, -0.05) is 29.8 Å². The molecule has 0 unspecified atom stereocenters. The smallest absolute Gasteiger partial charge is 0.342 e. The lowest BCUT2D eigenvalue weighted by molar-refractivity contribution is 0.0693. The van der Waals surface area contributed by atoms with E-state index < -0.39 is 11.5 Å². The Kier molecular flexibility index (Phi) is 3.62. The highest BCUT2D eigenvalue weighted by Crippen LogP contribution is 2.05. The maximum absolute atomic E-state index is 12.0. The molecule has 0 aliphatic heterocycles. The minimum atomic E-state index is -1.27. The minimum absolute atomic E-state index is 0.204. The Balaban J connectivity index is 2.48. The summed E-state index contributed by atoms with van der Waals surface area (Å²) in [5, 5.41) is 8.92. The molecule has 1 heterocycles. The van der Waals surface area contributed by atoms with Gasteiger partial charge in [0.1, 0.15) is 5.56 Å². The molecule has 0 aliphatic rings. The fourth-order valence-electron chi connectivity index (χ4n) is 1.68. The fraction of sp³-hybridized carbons (Fsp3) is 0.154. The lowest BCUT2D eigenvalue weighted by atomic mass is 10.1. The number of carbonyl (C=O) groups is 1. The second-order valence-electron chi connectivity index (χ2n) is 4.19. The number of carboxylic acids is 1. The molecular weight excluding hydrogens is 264 g/mol. The molecule has 1 aromatic carbocycles. The standard InChI is InChI=1S/C13H12N2O3S/c1-8-2-4-9(5-3-8)7-15-11(16)10(12(17)18)6-14-13(15)19/h2-6H,7H2,1H3,(H,14,19)(H,17,18). The summed E-state index contributed by atoms with van der Waals surface area (Å²) in [6, 6.07) is 7.61. The van der Waals surface area contributed by atoms with E-state index in [-0.39, 0.29) is 16.9 Å². The average Bonchev–Trinajstić information content (AvgIpc) is 2.36. The van der Waals surface area contributed by atoms with Crippen molar-refractivity contribution in [2.75, 3.05) is 0 Å². The van der Waals surface area contributed by atoms with Crippen molar-refractivity contribution in [1.29, 1.82) is 0 Å². The second-order valence-corrected chi connectivity index (χ2v) is 4.58. The van der Waals surface area contributed by atoms with Crippen LogP contribution < -0.4 is 5.56 Å². The first kappa shape index (κ1) is 13.2. The van der Waals surface area contributed by atoms with E-state index in [2.05, 4.69) is 4.98 Å². The molecule has 0 spiro atoms. The molecule has 2 aromatic rings. The van der Waals surface area contributed by atoms with E-state index in [0.717, 1.165) is 17.3 Å². The van der Waals surface area contributed by atoms with Crippen molar-refractivity contribution in [3.05, 3.63) is 62.3 Å². The van der Waals surface area contributed by atoms with E-state index in [0.29, 0.717) is 0 Å². The van der Waals surface area contributed by atoms with Crippen LogP contribution in [0.3, 0.4) is 0 Å². The molecule has 0 fully saturated rings. The predicted octanol–water partition coefficient (Wildman–Crippen LogP) is 1.96. The number of hydrogen-bond acceptors (Lipinski definition) is 3. The first-order valence-corrected chi connectivity index (χ1v) is 6.01. The zero-order valence-electron chi connectivity index (χ0n) is 10.2. The van der Waals surface area contributed by atoms with Gasteiger partial charge in [0.05, 0.1) is 6.54 Å². The number of hydrogen-bond donors (Lipinski definition) is 2. The van der Waals surface area contributed by atoms with Crippen molar-refractivity contribution >= 4 is 18.2 Å². The Morgan fingerprint density at radius 2 is 2.00 bits per heavy atom. The van der Waals surface area contributed by atoms with Crippen LogP contribution in [0.2, 0.25) is 0 Å². The summed E-state index contributed by atoms with van der Waals surface area (Å²) < 4.78 is 1.44. The van der Waals surface area contributed by atoms with Gasteiger partial charge in [-0.3, -0.25) is 9.36 Å². The quantitative estimate of drug-likeness (QED) is 0.840. The molecule has 2 rings (SSSR count). The predicted molar refractivity (Wildman–Crippen MR) is 73.1 cm³/mol. The third-order valence-electron chi connectivity index (χ3n) is 2.75. The number of H-pyrrole nitrogens is 1. The number of aromatic nitrogens is 2. The lowest BCUT2D eigenvalue weighted by Crippen LogP contribution is -2.28. The maximum Gasteiger partial charge on any atom is 0.342 e. The van der Waals surface area contributed by atoms with Crippen LogP contribution in [0, 0.1) is 11.7 Å². The Morgan fingerprint density at radius 3 is 2.58 bits per heavy atom. The molecule has 19 heavy (non-hydrogen) atoms. The lowest BCUT2D eigenvalue weighted by Gasteiger charge is -2.07. The molecule has 6 heteroatoms. The normalized spacial score (nSPS) is 10.4. The van der Waals surface area contributed by atoms with Gasteiger partial charge in [-0.25, -0.2) is 4.79 Å². The molecule has 0 saturated carbocycles. The van der Waals surface area contributed by atoms with Gasteiger partial charge in [-0.05, 0) is 24.7 Å². The molecule has 98 valence electrons. The Hall–Kier alpha value is -2.21. The van der Waals surface area contributed by atoms with Gasteiger partial charge >= 0.3 is 5.97 Å². The van der Waals surface area contributed by atoms with E-state index in [1.807, 2.05) is 31.2 Å². The minimum Gasteiger partial charge on any atom is -0.477 e. The van der Waals surface area contributed by atoms with Crippen LogP contribution in [0.25, 0.3) is 0 Å². The van der Waals surface area contributed by atoms with Gasteiger partial charge in [0.15, 0.2) is 4.77 Å². The second kappa shape index (κ2) is 5.19. The molecule has 2 N–H and O–H groups in total. The third-order valence-corrected chi connectivity index (χ3v) is 3.09. The molecular formula is C13H12N2O3S. The van der Waals surface area contributed by atoms with Gasteiger partial charge in [0, 0.05) is 6.20 Å². The highest BCUT2D eigenvalue weighted by Gasteiger charge is 2.12. The summed E-state index contributed by atoms with van der Waals surface area (Å²) in [6.07, 6.45) is 1.12. The fourth-order valence-corrected chi connectivity index (χ4v) is 1.89. The highest BCUT2D eigenvalue weighted by atomic mass is 32.1. The first-order chi connectivity index (χ1) is 8.99. The maximum atomic E-state index is 12.0. The van der Waals surface area contributed by atoms with E-state index in [4.69, 9.17) is 17.3 Å². The number of aromatic carboxylic acids is 1. The van der Waals surface area contributed by atoms with Crippen molar-refractivity contribution in [2.45, 2.75) is 13.5 Å². The molecule has 0 bridgehead atoms. The van der Waals surface area contributed by atoms with Gasteiger partial charge in [0.25, 0.3) is 5.56 Å². The largest absolute Gasteiger partial charge is 0.477 e. The summed E-state index contributed by atoms with van der Waals surface area (Å²) >= 11 is 5.03. The zero-order chi connectivity index (χ0) is 14.0. The summed E-state index contributed by atoms with van der Waals surface area (Å²) in [5.41, 5.74) is 1.08. The van der Waals surface area contributed by atoms with Crippen molar-refractivity contribution in [3.8, 4) is 0 Å². The monoisotopic (exact) mass is 276 g/mol. The topological polar surface area (TPSA) is 75.1 Å². The van der Waals surface area contributed by atoms with Gasteiger partial charge in [0.2, 0.25) is 0 Å². The number of benzene rings is 1. The number of nitrogens with one attached hydrogen (secondary N) is 1. The van der Waals surface area contributed by atoms with Crippen LogP contribution in [0.15, 0.2) is 35.3 Å². The van der Waals surface area contributed by atoms with Gasteiger partial charge < -0.3 is 10.1 Å². The molecule has 0 atom stereocenters. The van der Waals surface area contributed by atoms with E-state index in [9.17, 15) is 9.59 Å². The van der Waals surface area contributed by atoms with E-state index in [1.165, 1.54) is 4.57 Å². The van der Waals surface area contributed by atoms with Crippen LogP contribution in [0.4, 0.5) is 0 Å². The highest BCUT2D eigenvalue weighted by molar-refractivity contribution is 7.71. The summed E-state index contributed by atoms with van der Waals surface area (Å²) in [4.78, 5) is 25.5.